The van der Waals surface area contributed by atoms with E-state index >= 15 is 0 Å². The van der Waals surface area contributed by atoms with Gasteiger partial charge in [-0.3, -0.25) is 9.59 Å². The zero-order valence-electron chi connectivity index (χ0n) is 11.9. The second-order valence-corrected chi connectivity index (χ2v) is 5.49. The van der Waals surface area contributed by atoms with E-state index in [-0.39, 0.29) is 11.7 Å². The maximum absolute atomic E-state index is 12.1. The van der Waals surface area contributed by atoms with Crippen molar-refractivity contribution < 1.29 is 9.59 Å². The number of ketones is 2. The van der Waals surface area contributed by atoms with Crippen molar-refractivity contribution in [1.82, 2.24) is 0 Å². The smallest absolute Gasteiger partial charge is 0.159 e. The van der Waals surface area contributed by atoms with Gasteiger partial charge in [0.15, 0.2) is 5.78 Å². The Hall–Kier alpha value is -1.64. The Morgan fingerprint density at radius 2 is 2.00 bits per heavy atom. The second-order valence-electron chi connectivity index (χ2n) is 5.49. The van der Waals surface area contributed by atoms with Gasteiger partial charge >= 0.3 is 0 Å². The number of hydrogen-bond acceptors (Lipinski definition) is 3. The number of carbonyl (C=O) groups excluding carboxylic acids is 2. The van der Waals surface area contributed by atoms with E-state index in [1.807, 2.05) is 37.2 Å². The first kappa shape index (κ1) is 13.8. The molecule has 0 bridgehead atoms. The Balaban J connectivity index is 2.47. The molecule has 1 unspecified atom stereocenters. The minimum atomic E-state index is -0.0366. The summed E-state index contributed by atoms with van der Waals surface area (Å²) < 4.78 is 0. The monoisotopic (exact) mass is 259 g/mol. The molecule has 0 spiro atoms. The average Bonchev–Trinajstić information content (AvgIpc) is 2.38. The lowest BCUT2D eigenvalue weighted by Gasteiger charge is -2.26. The van der Waals surface area contributed by atoms with Gasteiger partial charge in [0.05, 0.1) is 0 Å². The van der Waals surface area contributed by atoms with E-state index in [1.165, 1.54) is 0 Å². The second kappa shape index (κ2) is 5.55. The molecule has 1 aromatic rings. The van der Waals surface area contributed by atoms with Gasteiger partial charge in [0, 0.05) is 37.7 Å². The van der Waals surface area contributed by atoms with Crippen LogP contribution < -0.4 is 4.90 Å². The van der Waals surface area contributed by atoms with Crippen molar-refractivity contribution in [3.05, 3.63) is 29.3 Å². The fraction of sp³-hybridized carbons (Fsp3) is 0.500. The lowest BCUT2D eigenvalue weighted by Crippen LogP contribution is -2.21. The van der Waals surface area contributed by atoms with Crippen molar-refractivity contribution in [2.24, 2.45) is 0 Å². The normalized spacial score (nSPS) is 19.3. The van der Waals surface area contributed by atoms with Gasteiger partial charge in [-0.1, -0.05) is 6.42 Å². The molecule has 19 heavy (non-hydrogen) atoms. The molecular formula is C16H21NO2. The van der Waals surface area contributed by atoms with Gasteiger partial charge in [-0.15, -0.1) is 0 Å². The summed E-state index contributed by atoms with van der Waals surface area (Å²) in [6, 6.07) is 5.70. The van der Waals surface area contributed by atoms with Crippen LogP contribution in [0.25, 0.3) is 0 Å². The highest BCUT2D eigenvalue weighted by atomic mass is 16.1. The van der Waals surface area contributed by atoms with Gasteiger partial charge < -0.3 is 4.90 Å². The van der Waals surface area contributed by atoms with Gasteiger partial charge in [-0.05, 0) is 43.5 Å². The molecule has 0 N–H and O–H groups in total. The fourth-order valence-electron chi connectivity index (χ4n) is 2.77. The third-order valence-electron chi connectivity index (χ3n) is 3.85. The molecule has 0 amide bonds. The molecule has 0 saturated heterocycles. The maximum Gasteiger partial charge on any atom is 0.159 e. The molecule has 1 aromatic carbocycles. The van der Waals surface area contributed by atoms with Crippen molar-refractivity contribution in [3.63, 3.8) is 0 Å². The Kier molecular flexibility index (Phi) is 4.03. The molecule has 3 nitrogen and oxygen atoms in total. The van der Waals surface area contributed by atoms with E-state index in [2.05, 4.69) is 0 Å². The molecule has 1 aliphatic rings. The largest absolute Gasteiger partial charge is 0.377 e. The van der Waals surface area contributed by atoms with E-state index in [0.29, 0.717) is 17.8 Å². The molecule has 0 aromatic heterocycles. The van der Waals surface area contributed by atoms with E-state index < -0.39 is 0 Å². The molecule has 2 rings (SSSR count). The van der Waals surface area contributed by atoms with Crippen molar-refractivity contribution >= 4 is 17.3 Å². The van der Waals surface area contributed by atoms with E-state index in [9.17, 15) is 9.59 Å². The fourth-order valence-corrected chi connectivity index (χ4v) is 2.77. The molecule has 0 radical (unpaired) electrons. The zero-order valence-corrected chi connectivity index (χ0v) is 11.9. The van der Waals surface area contributed by atoms with Gasteiger partial charge in [0.1, 0.15) is 5.78 Å². The minimum Gasteiger partial charge on any atom is -0.377 e. The predicted molar refractivity (Wildman–Crippen MR) is 77.0 cm³/mol. The Morgan fingerprint density at radius 3 is 2.58 bits per heavy atom. The van der Waals surface area contributed by atoms with Crippen LogP contribution in [-0.2, 0) is 4.79 Å². The van der Waals surface area contributed by atoms with Crippen molar-refractivity contribution in [2.45, 2.75) is 38.5 Å². The molecule has 1 saturated carbocycles. The molecule has 0 aliphatic heterocycles. The van der Waals surface area contributed by atoms with Gasteiger partial charge in [0.25, 0.3) is 0 Å². The van der Waals surface area contributed by atoms with Crippen LogP contribution in [0.1, 0.15) is 54.4 Å². The third kappa shape index (κ3) is 2.86. The van der Waals surface area contributed by atoms with Crippen molar-refractivity contribution in [1.29, 1.82) is 0 Å². The SMILES string of the molecule is CC(=O)c1ccc(N(C)C)c(C2CCCCC2=O)c1. The van der Waals surface area contributed by atoms with Crippen molar-refractivity contribution in [3.8, 4) is 0 Å². The summed E-state index contributed by atoms with van der Waals surface area (Å²) >= 11 is 0. The molecule has 1 aliphatic carbocycles. The average molecular weight is 259 g/mol. The first-order valence-electron chi connectivity index (χ1n) is 6.85. The summed E-state index contributed by atoms with van der Waals surface area (Å²) in [6.45, 7) is 1.57. The van der Waals surface area contributed by atoms with Crippen LogP contribution in [0.15, 0.2) is 18.2 Å². The zero-order chi connectivity index (χ0) is 14.0. The van der Waals surface area contributed by atoms with Crippen LogP contribution in [0.5, 0.6) is 0 Å². The Labute approximate surface area is 114 Å². The predicted octanol–water partition coefficient (Wildman–Crippen LogP) is 3.18. The highest BCUT2D eigenvalue weighted by molar-refractivity contribution is 5.96. The van der Waals surface area contributed by atoms with E-state index in [1.54, 1.807) is 6.92 Å². The minimum absolute atomic E-state index is 0.0366. The molecular weight excluding hydrogens is 238 g/mol. The van der Waals surface area contributed by atoms with Crippen LogP contribution >= 0.6 is 0 Å². The standard InChI is InChI=1S/C16H21NO2/c1-11(18)12-8-9-15(17(2)3)14(10-12)13-6-4-5-7-16(13)19/h8-10,13H,4-7H2,1-3H3. The number of Topliss-reactive ketones (excluding diaryl/α,β-unsaturated/α-hetero) is 2. The summed E-state index contributed by atoms with van der Waals surface area (Å²) in [6.07, 6.45) is 3.66. The van der Waals surface area contributed by atoms with Gasteiger partial charge in [-0.2, -0.15) is 0 Å². The quantitative estimate of drug-likeness (QED) is 0.782. The van der Waals surface area contributed by atoms with Crippen LogP contribution in [0.2, 0.25) is 0 Å². The Bertz CT molecular complexity index is 505. The van der Waals surface area contributed by atoms with Crippen LogP contribution in [0.3, 0.4) is 0 Å². The number of rotatable bonds is 3. The number of carbonyl (C=O) groups is 2. The van der Waals surface area contributed by atoms with E-state index in [4.69, 9.17) is 0 Å². The van der Waals surface area contributed by atoms with Gasteiger partial charge in [0.2, 0.25) is 0 Å². The summed E-state index contributed by atoms with van der Waals surface area (Å²) in [7, 11) is 3.94. The summed E-state index contributed by atoms with van der Waals surface area (Å²) in [4.78, 5) is 25.7. The summed E-state index contributed by atoms with van der Waals surface area (Å²) in [5, 5.41) is 0. The molecule has 1 fully saturated rings. The highest BCUT2D eigenvalue weighted by Gasteiger charge is 2.27. The molecule has 1 atom stereocenters. The number of nitrogens with zero attached hydrogens (tertiary/aromatic N) is 1. The number of benzene rings is 1. The third-order valence-corrected chi connectivity index (χ3v) is 3.85. The number of hydrogen-bond donors (Lipinski definition) is 0. The lowest BCUT2D eigenvalue weighted by molar-refractivity contribution is -0.121. The topological polar surface area (TPSA) is 37.4 Å². The van der Waals surface area contributed by atoms with Crippen molar-refractivity contribution in [2.75, 3.05) is 19.0 Å². The van der Waals surface area contributed by atoms with Crippen LogP contribution in [-0.4, -0.2) is 25.7 Å². The molecule has 102 valence electrons. The first-order valence-corrected chi connectivity index (χ1v) is 6.85. The summed E-state index contributed by atoms with van der Waals surface area (Å²) in [5.41, 5.74) is 2.76. The molecule has 0 heterocycles. The van der Waals surface area contributed by atoms with Gasteiger partial charge in [-0.25, -0.2) is 0 Å². The highest BCUT2D eigenvalue weighted by Crippen LogP contribution is 2.35. The molecule has 3 heteroatoms. The van der Waals surface area contributed by atoms with Crippen LogP contribution in [0.4, 0.5) is 5.69 Å². The summed E-state index contributed by atoms with van der Waals surface area (Å²) in [5.74, 6) is 0.329. The lowest BCUT2D eigenvalue weighted by atomic mass is 9.81. The first-order chi connectivity index (χ1) is 9.00. The maximum atomic E-state index is 12.1. The number of anilines is 1. The van der Waals surface area contributed by atoms with Crippen LogP contribution in [0, 0.1) is 0 Å². The Morgan fingerprint density at radius 1 is 1.26 bits per heavy atom. The van der Waals surface area contributed by atoms with E-state index in [0.717, 1.165) is 30.5 Å².